The van der Waals surface area contributed by atoms with Crippen molar-refractivity contribution in [2.75, 3.05) is 0 Å². The molecule has 2 aromatic carbocycles. The zero-order valence-corrected chi connectivity index (χ0v) is 17.7. The molecule has 9 heteroatoms. The van der Waals surface area contributed by atoms with Crippen LogP contribution < -0.4 is 10.6 Å². The summed E-state index contributed by atoms with van der Waals surface area (Å²) < 4.78 is 0. The second-order valence-electron chi connectivity index (χ2n) is 7.81. The fourth-order valence-electron chi connectivity index (χ4n) is 3.59. The number of rotatable bonds is 6. The van der Waals surface area contributed by atoms with Crippen molar-refractivity contribution >= 4 is 24.0 Å². The molecule has 0 saturated heterocycles. The van der Waals surface area contributed by atoms with Crippen molar-refractivity contribution in [3.05, 3.63) is 59.7 Å². The Labute approximate surface area is 190 Å². The fraction of sp³-hybridized carbons (Fsp3) is 0.250. The summed E-state index contributed by atoms with van der Waals surface area (Å²) in [4.78, 5) is 24.5. The minimum absolute atomic E-state index is 0.258. The van der Waals surface area contributed by atoms with Gasteiger partial charge in [0.2, 0.25) is 11.8 Å². The molecule has 3 rings (SSSR count). The number of aliphatic hydroxyl groups excluding tert-OH is 1. The van der Waals surface area contributed by atoms with Crippen molar-refractivity contribution < 1.29 is 35.1 Å². The number of hydrogen-bond donors (Lipinski definition) is 7. The van der Waals surface area contributed by atoms with Gasteiger partial charge in [0.25, 0.3) is 0 Å². The van der Waals surface area contributed by atoms with Gasteiger partial charge < -0.3 is 36.2 Å². The lowest BCUT2D eigenvalue weighted by molar-refractivity contribution is -0.119. The van der Waals surface area contributed by atoms with Crippen molar-refractivity contribution in [2.24, 2.45) is 0 Å². The average Bonchev–Trinajstić information content (AvgIpc) is 2.78. The van der Waals surface area contributed by atoms with Crippen molar-refractivity contribution in [2.45, 2.75) is 37.5 Å². The predicted octanol–water partition coefficient (Wildman–Crippen LogP) is 1.75. The maximum atomic E-state index is 12.3. The van der Waals surface area contributed by atoms with Gasteiger partial charge in [0, 0.05) is 12.2 Å². The van der Waals surface area contributed by atoms with Crippen LogP contribution >= 0.6 is 0 Å². The Morgan fingerprint density at radius 3 is 1.55 bits per heavy atom. The highest BCUT2D eigenvalue weighted by Crippen LogP contribution is 2.26. The number of carbonyl (C=O) groups excluding carboxylic acids is 2. The standard InChI is InChI=1S/C24H26N2O7/c27-18-8-4-14(12-20(18)29)6-10-22(31)25-16-2-1-3-17(24(16)33)26-23(32)11-7-15-5-9-19(28)21(30)13-15/h4-13,16-17,24,27-30,33H,1-3H2,(H,25,31)(H,26,32). The second kappa shape index (κ2) is 10.6. The summed E-state index contributed by atoms with van der Waals surface area (Å²) in [6.07, 6.45) is 6.27. The third kappa shape index (κ3) is 6.50. The van der Waals surface area contributed by atoms with E-state index in [1.54, 1.807) is 0 Å². The van der Waals surface area contributed by atoms with E-state index >= 15 is 0 Å². The Hall–Kier alpha value is -3.98. The van der Waals surface area contributed by atoms with Crippen LogP contribution in [0.15, 0.2) is 48.6 Å². The second-order valence-corrected chi connectivity index (χ2v) is 7.81. The molecule has 174 valence electrons. The average molecular weight is 454 g/mol. The first-order valence-electron chi connectivity index (χ1n) is 10.4. The third-order valence-electron chi connectivity index (χ3n) is 5.36. The number of hydrogen-bond acceptors (Lipinski definition) is 7. The summed E-state index contributed by atoms with van der Waals surface area (Å²) in [5, 5.41) is 53.8. The van der Waals surface area contributed by atoms with Gasteiger partial charge >= 0.3 is 0 Å². The van der Waals surface area contributed by atoms with Gasteiger partial charge in [-0.3, -0.25) is 9.59 Å². The third-order valence-corrected chi connectivity index (χ3v) is 5.36. The van der Waals surface area contributed by atoms with E-state index in [9.17, 15) is 35.1 Å². The normalized spacial score (nSPS) is 20.7. The Morgan fingerprint density at radius 2 is 1.15 bits per heavy atom. The van der Waals surface area contributed by atoms with Gasteiger partial charge in [0.15, 0.2) is 23.0 Å². The number of amides is 2. The lowest BCUT2D eigenvalue weighted by atomic mass is 9.88. The highest BCUT2D eigenvalue weighted by Gasteiger charge is 2.33. The summed E-state index contributed by atoms with van der Waals surface area (Å²) in [7, 11) is 0. The Bertz CT molecular complexity index is 997. The van der Waals surface area contributed by atoms with E-state index in [1.165, 1.54) is 60.7 Å². The Kier molecular flexibility index (Phi) is 7.57. The van der Waals surface area contributed by atoms with E-state index in [2.05, 4.69) is 10.6 Å². The van der Waals surface area contributed by atoms with Crippen LogP contribution in [-0.4, -0.2) is 55.5 Å². The monoisotopic (exact) mass is 454 g/mol. The molecule has 0 heterocycles. The smallest absolute Gasteiger partial charge is 0.244 e. The van der Waals surface area contributed by atoms with E-state index in [0.29, 0.717) is 30.4 Å². The largest absolute Gasteiger partial charge is 0.504 e. The highest BCUT2D eigenvalue weighted by molar-refractivity contribution is 5.93. The zero-order chi connectivity index (χ0) is 24.0. The minimum atomic E-state index is -0.983. The molecule has 7 N–H and O–H groups in total. The predicted molar refractivity (Wildman–Crippen MR) is 121 cm³/mol. The van der Waals surface area contributed by atoms with Crippen LogP contribution in [-0.2, 0) is 9.59 Å². The maximum absolute atomic E-state index is 12.3. The van der Waals surface area contributed by atoms with Crippen molar-refractivity contribution in [1.29, 1.82) is 0 Å². The number of phenols is 4. The molecule has 1 saturated carbocycles. The van der Waals surface area contributed by atoms with Crippen LogP contribution in [0.2, 0.25) is 0 Å². The number of benzene rings is 2. The highest BCUT2D eigenvalue weighted by atomic mass is 16.3. The summed E-state index contributed by atoms with van der Waals surface area (Å²) in [5.41, 5.74) is 1.03. The molecular formula is C24H26N2O7. The number of nitrogens with one attached hydrogen (secondary N) is 2. The molecule has 2 atom stereocenters. The zero-order valence-electron chi connectivity index (χ0n) is 17.7. The van der Waals surface area contributed by atoms with Crippen LogP contribution in [0.25, 0.3) is 12.2 Å². The van der Waals surface area contributed by atoms with Gasteiger partial charge in [0.05, 0.1) is 18.2 Å². The number of aliphatic hydroxyl groups is 1. The fourth-order valence-corrected chi connectivity index (χ4v) is 3.59. The molecule has 2 unspecified atom stereocenters. The van der Waals surface area contributed by atoms with Crippen molar-refractivity contribution in [3.63, 3.8) is 0 Å². The summed E-state index contributed by atoms with van der Waals surface area (Å²) >= 11 is 0. The van der Waals surface area contributed by atoms with E-state index < -0.39 is 30.0 Å². The van der Waals surface area contributed by atoms with E-state index in [1.807, 2.05) is 0 Å². The van der Waals surface area contributed by atoms with Crippen molar-refractivity contribution in [1.82, 2.24) is 10.6 Å². The molecule has 0 aliphatic heterocycles. The first-order valence-corrected chi connectivity index (χ1v) is 10.4. The minimum Gasteiger partial charge on any atom is -0.504 e. The molecule has 1 aliphatic carbocycles. The summed E-state index contributed by atoms with van der Waals surface area (Å²) in [6.45, 7) is 0. The van der Waals surface area contributed by atoms with Gasteiger partial charge in [-0.05, 0) is 66.8 Å². The molecule has 1 fully saturated rings. The van der Waals surface area contributed by atoms with Crippen LogP contribution in [0.1, 0.15) is 30.4 Å². The lowest BCUT2D eigenvalue weighted by Gasteiger charge is -2.35. The lowest BCUT2D eigenvalue weighted by Crippen LogP contribution is -2.56. The molecule has 2 amide bonds. The number of carbonyl (C=O) groups is 2. The summed E-state index contributed by atoms with van der Waals surface area (Å²) in [5.74, 6) is -1.99. The summed E-state index contributed by atoms with van der Waals surface area (Å²) in [6, 6.07) is 7.22. The van der Waals surface area contributed by atoms with E-state index in [-0.39, 0.29) is 23.0 Å². The molecule has 9 nitrogen and oxygen atoms in total. The first-order chi connectivity index (χ1) is 15.7. The molecule has 2 aromatic rings. The SMILES string of the molecule is O=C(C=Cc1ccc(O)c(O)c1)NC1CCCC(NC(=O)C=Cc2ccc(O)c(O)c2)C1O. The molecule has 0 bridgehead atoms. The van der Waals surface area contributed by atoms with Gasteiger partial charge in [-0.1, -0.05) is 12.1 Å². The molecule has 0 spiro atoms. The van der Waals surface area contributed by atoms with Gasteiger partial charge in [0.1, 0.15) is 0 Å². The van der Waals surface area contributed by atoms with Crippen LogP contribution in [0, 0.1) is 0 Å². The Morgan fingerprint density at radius 1 is 0.727 bits per heavy atom. The number of phenolic OH excluding ortho intramolecular Hbond substituents is 4. The molecule has 33 heavy (non-hydrogen) atoms. The van der Waals surface area contributed by atoms with E-state index in [4.69, 9.17) is 0 Å². The number of aromatic hydroxyl groups is 4. The molecule has 0 radical (unpaired) electrons. The van der Waals surface area contributed by atoms with Crippen LogP contribution in [0.5, 0.6) is 23.0 Å². The molecular weight excluding hydrogens is 428 g/mol. The molecule has 1 aliphatic rings. The van der Waals surface area contributed by atoms with Gasteiger partial charge in [-0.15, -0.1) is 0 Å². The maximum Gasteiger partial charge on any atom is 0.244 e. The topological polar surface area (TPSA) is 159 Å². The van der Waals surface area contributed by atoms with Crippen molar-refractivity contribution in [3.8, 4) is 23.0 Å². The van der Waals surface area contributed by atoms with Crippen LogP contribution in [0.3, 0.4) is 0 Å². The quantitative estimate of drug-likeness (QED) is 0.259. The van der Waals surface area contributed by atoms with Crippen LogP contribution in [0.4, 0.5) is 0 Å². The first kappa shape index (κ1) is 23.7. The van der Waals surface area contributed by atoms with E-state index in [0.717, 1.165) is 0 Å². The van der Waals surface area contributed by atoms with Gasteiger partial charge in [-0.2, -0.15) is 0 Å². The Balaban J connectivity index is 1.54. The van der Waals surface area contributed by atoms with Gasteiger partial charge in [-0.25, -0.2) is 0 Å². The molecule has 0 aromatic heterocycles.